The molecular weight excluding hydrogens is 304 g/mol. The molecule has 0 spiro atoms. The van der Waals surface area contributed by atoms with E-state index in [1.54, 1.807) is 25.1 Å². The van der Waals surface area contributed by atoms with Crippen LogP contribution in [0, 0.1) is 0 Å². The van der Waals surface area contributed by atoms with E-state index in [0.717, 1.165) is 0 Å². The molecule has 23 heavy (non-hydrogen) atoms. The number of fused-ring (bicyclic) bond motifs is 1. The van der Waals surface area contributed by atoms with Crippen molar-refractivity contribution < 1.29 is 34.3 Å². The van der Waals surface area contributed by atoms with Gasteiger partial charge in [-0.05, 0) is 19.1 Å². The molecule has 1 aromatic rings. The second-order valence-corrected chi connectivity index (χ2v) is 4.97. The molecule has 0 saturated heterocycles. The lowest BCUT2D eigenvalue weighted by molar-refractivity contribution is -0.138. The number of hydrogen-bond acceptors (Lipinski definition) is 7. The summed E-state index contributed by atoms with van der Waals surface area (Å²) in [5, 5.41) is 28.2. The van der Waals surface area contributed by atoms with E-state index in [2.05, 4.69) is 0 Å². The predicted molar refractivity (Wildman–Crippen MR) is 81.3 cm³/mol. The number of aliphatic hydroxyl groups excluding tert-OH is 3. The summed E-state index contributed by atoms with van der Waals surface area (Å²) in [5.74, 6) is 0.137. The van der Waals surface area contributed by atoms with Gasteiger partial charge in [-0.2, -0.15) is 0 Å². The lowest BCUT2D eigenvalue weighted by atomic mass is 10.0. The van der Waals surface area contributed by atoms with Gasteiger partial charge in [-0.3, -0.25) is 0 Å². The minimum atomic E-state index is -0.817. The molecule has 1 atom stereocenters. The van der Waals surface area contributed by atoms with Gasteiger partial charge in [0.05, 0.1) is 31.5 Å². The highest BCUT2D eigenvalue weighted by molar-refractivity contribution is 5.97. The van der Waals surface area contributed by atoms with Crippen LogP contribution in [0.3, 0.4) is 0 Å². The van der Waals surface area contributed by atoms with E-state index in [9.17, 15) is 15.0 Å². The van der Waals surface area contributed by atoms with Crippen LogP contribution in [-0.2, 0) is 9.53 Å². The lowest BCUT2D eigenvalue weighted by Gasteiger charge is -2.20. The Morgan fingerprint density at radius 1 is 1.43 bits per heavy atom. The van der Waals surface area contributed by atoms with Crippen LogP contribution in [0.5, 0.6) is 11.5 Å². The van der Waals surface area contributed by atoms with Gasteiger partial charge in [0.1, 0.15) is 29.4 Å². The number of aliphatic hydroxyl groups is 3. The van der Waals surface area contributed by atoms with Crippen LogP contribution >= 0.6 is 0 Å². The Labute approximate surface area is 133 Å². The summed E-state index contributed by atoms with van der Waals surface area (Å²) >= 11 is 0. The van der Waals surface area contributed by atoms with Gasteiger partial charge in [0.2, 0.25) is 0 Å². The van der Waals surface area contributed by atoms with Gasteiger partial charge in [0.15, 0.2) is 0 Å². The maximum atomic E-state index is 11.7. The van der Waals surface area contributed by atoms with Gasteiger partial charge < -0.3 is 29.5 Å². The first-order valence-corrected chi connectivity index (χ1v) is 7.35. The third-order valence-corrected chi connectivity index (χ3v) is 3.32. The van der Waals surface area contributed by atoms with Crippen LogP contribution in [0.2, 0.25) is 0 Å². The molecule has 126 valence electrons. The van der Waals surface area contributed by atoms with Crippen LogP contribution in [0.4, 0.5) is 0 Å². The summed E-state index contributed by atoms with van der Waals surface area (Å²) in [6, 6.07) is 4.80. The third kappa shape index (κ3) is 4.14. The Bertz CT molecular complexity index is 594. The molecule has 7 heteroatoms. The average Bonchev–Trinajstić information content (AvgIpc) is 2.55. The number of esters is 1. The van der Waals surface area contributed by atoms with Gasteiger partial charge in [0.25, 0.3) is 0 Å². The van der Waals surface area contributed by atoms with Crippen molar-refractivity contribution in [2.45, 2.75) is 19.4 Å². The minimum Gasteiger partial charge on any atom is -0.506 e. The van der Waals surface area contributed by atoms with Crippen molar-refractivity contribution in [2.75, 3.05) is 26.4 Å². The predicted octanol–water partition coefficient (Wildman–Crippen LogP) is 1.03. The molecular formula is C16H20O7. The molecule has 0 bridgehead atoms. The molecule has 1 aliphatic heterocycles. The SMILES string of the molecule is CCOC(=O)C1=C(O)c2ccc(OCCC(O)CO)cc2OC1. The van der Waals surface area contributed by atoms with Crippen molar-refractivity contribution in [3.05, 3.63) is 29.3 Å². The summed E-state index contributed by atoms with van der Waals surface area (Å²) in [5.41, 5.74) is 0.473. The highest BCUT2D eigenvalue weighted by atomic mass is 16.5. The number of ether oxygens (including phenoxy) is 3. The zero-order valence-electron chi connectivity index (χ0n) is 12.8. The Morgan fingerprint density at radius 3 is 2.91 bits per heavy atom. The van der Waals surface area contributed by atoms with Crippen molar-refractivity contribution in [3.8, 4) is 11.5 Å². The Morgan fingerprint density at radius 2 is 2.22 bits per heavy atom. The molecule has 0 radical (unpaired) electrons. The number of carbonyl (C=O) groups is 1. The zero-order chi connectivity index (χ0) is 16.8. The average molecular weight is 324 g/mol. The molecule has 2 rings (SSSR count). The first-order valence-electron chi connectivity index (χ1n) is 7.35. The van der Waals surface area contributed by atoms with E-state index in [1.165, 1.54) is 0 Å². The molecule has 7 nitrogen and oxygen atoms in total. The fraction of sp³-hybridized carbons (Fsp3) is 0.438. The van der Waals surface area contributed by atoms with Crippen molar-refractivity contribution in [2.24, 2.45) is 0 Å². The summed E-state index contributed by atoms with van der Waals surface area (Å²) < 4.78 is 15.8. The second kappa shape index (κ2) is 7.85. The van der Waals surface area contributed by atoms with Gasteiger partial charge in [-0.25, -0.2) is 4.79 Å². The molecule has 0 fully saturated rings. The van der Waals surface area contributed by atoms with Crippen molar-refractivity contribution in [1.29, 1.82) is 0 Å². The molecule has 1 unspecified atom stereocenters. The van der Waals surface area contributed by atoms with Crippen molar-refractivity contribution >= 4 is 11.7 Å². The quantitative estimate of drug-likeness (QED) is 0.643. The van der Waals surface area contributed by atoms with E-state index in [-0.39, 0.29) is 37.8 Å². The van der Waals surface area contributed by atoms with E-state index in [1.807, 2.05) is 0 Å². The van der Waals surface area contributed by atoms with E-state index in [4.69, 9.17) is 19.3 Å². The Kier molecular flexibility index (Phi) is 5.84. The molecule has 3 N–H and O–H groups in total. The maximum Gasteiger partial charge on any atom is 0.341 e. The minimum absolute atomic E-state index is 0.0790. The highest BCUT2D eigenvalue weighted by Crippen LogP contribution is 2.34. The standard InChI is InChI=1S/C16H20O7/c1-2-21-16(20)13-9-23-14-7-11(3-4-12(14)15(13)19)22-6-5-10(18)8-17/h3-4,7,10,17-19H,2,5-6,8-9H2,1H3. The summed E-state index contributed by atoms with van der Waals surface area (Å²) in [6.07, 6.45) is -0.518. The van der Waals surface area contributed by atoms with E-state index >= 15 is 0 Å². The summed E-state index contributed by atoms with van der Waals surface area (Å²) in [6.45, 7) is 1.74. The van der Waals surface area contributed by atoms with Gasteiger partial charge in [-0.1, -0.05) is 0 Å². The highest BCUT2D eigenvalue weighted by Gasteiger charge is 2.26. The van der Waals surface area contributed by atoms with E-state index < -0.39 is 12.1 Å². The van der Waals surface area contributed by atoms with Crippen LogP contribution in [0.25, 0.3) is 5.76 Å². The lowest BCUT2D eigenvalue weighted by Crippen LogP contribution is -2.20. The summed E-state index contributed by atoms with van der Waals surface area (Å²) in [4.78, 5) is 11.7. The molecule has 0 saturated carbocycles. The number of rotatable bonds is 7. The third-order valence-electron chi connectivity index (χ3n) is 3.32. The van der Waals surface area contributed by atoms with Crippen molar-refractivity contribution in [3.63, 3.8) is 0 Å². The topological polar surface area (TPSA) is 105 Å². The normalized spacial score (nSPS) is 14.7. The van der Waals surface area contributed by atoms with Gasteiger partial charge >= 0.3 is 5.97 Å². The molecule has 1 heterocycles. The van der Waals surface area contributed by atoms with E-state index in [0.29, 0.717) is 23.5 Å². The van der Waals surface area contributed by atoms with Gasteiger partial charge in [0, 0.05) is 12.5 Å². The zero-order valence-corrected chi connectivity index (χ0v) is 12.8. The second-order valence-electron chi connectivity index (χ2n) is 4.97. The Hall–Kier alpha value is -2.25. The maximum absolute atomic E-state index is 11.7. The summed E-state index contributed by atoms with van der Waals surface area (Å²) in [7, 11) is 0. The number of benzene rings is 1. The monoisotopic (exact) mass is 324 g/mol. The molecule has 1 aliphatic rings. The molecule has 0 aliphatic carbocycles. The molecule has 0 aromatic heterocycles. The first kappa shape index (κ1) is 17.1. The van der Waals surface area contributed by atoms with Crippen molar-refractivity contribution in [1.82, 2.24) is 0 Å². The molecule has 0 amide bonds. The largest absolute Gasteiger partial charge is 0.506 e. The van der Waals surface area contributed by atoms with Crippen LogP contribution < -0.4 is 9.47 Å². The Balaban J connectivity index is 2.09. The fourth-order valence-corrected chi connectivity index (χ4v) is 2.07. The van der Waals surface area contributed by atoms with Gasteiger partial charge in [-0.15, -0.1) is 0 Å². The molecule has 1 aromatic carbocycles. The smallest absolute Gasteiger partial charge is 0.341 e. The number of carbonyl (C=O) groups excluding carboxylic acids is 1. The van der Waals surface area contributed by atoms with Crippen LogP contribution in [0.1, 0.15) is 18.9 Å². The fourth-order valence-electron chi connectivity index (χ4n) is 2.07. The van der Waals surface area contributed by atoms with Crippen LogP contribution in [-0.4, -0.2) is 53.8 Å². The first-order chi connectivity index (χ1) is 11.1. The van der Waals surface area contributed by atoms with Crippen LogP contribution in [0.15, 0.2) is 23.8 Å². The number of hydrogen-bond donors (Lipinski definition) is 3.